The van der Waals surface area contributed by atoms with Gasteiger partial charge in [-0.05, 0) is 102 Å². The summed E-state index contributed by atoms with van der Waals surface area (Å²) in [6.07, 6.45) is 14.6. The van der Waals surface area contributed by atoms with Crippen molar-refractivity contribution in [2.75, 3.05) is 0 Å². The van der Waals surface area contributed by atoms with E-state index < -0.39 is 0 Å². The summed E-state index contributed by atoms with van der Waals surface area (Å²) in [5.41, 5.74) is 5.66. The van der Waals surface area contributed by atoms with Crippen molar-refractivity contribution in [3.63, 3.8) is 0 Å². The Balaban J connectivity index is 1.81. The molecule has 0 aliphatic carbocycles. The molecule has 1 aliphatic heterocycles. The van der Waals surface area contributed by atoms with E-state index in [4.69, 9.17) is 4.74 Å². The fourth-order valence-corrected chi connectivity index (χ4v) is 4.94. The quantitative estimate of drug-likeness (QED) is 0.357. The lowest BCUT2D eigenvalue weighted by Crippen LogP contribution is -2.37. The van der Waals surface area contributed by atoms with Crippen molar-refractivity contribution in [3.8, 4) is 11.5 Å². The molecule has 0 spiro atoms. The van der Waals surface area contributed by atoms with Crippen LogP contribution in [0, 0.1) is 32.6 Å². The third kappa shape index (κ3) is 7.29. The molecule has 1 heterocycles. The first-order valence-electron chi connectivity index (χ1n) is 12.7. The molecular formula is C29H48O2. The normalized spacial score (nSPS) is 20.0. The Morgan fingerprint density at radius 1 is 1.03 bits per heavy atom. The van der Waals surface area contributed by atoms with Crippen LogP contribution in [0.3, 0.4) is 0 Å². The van der Waals surface area contributed by atoms with E-state index in [9.17, 15) is 5.11 Å². The van der Waals surface area contributed by atoms with Crippen LogP contribution in [0.2, 0.25) is 0 Å². The van der Waals surface area contributed by atoms with Crippen LogP contribution in [-0.4, -0.2) is 10.7 Å². The van der Waals surface area contributed by atoms with Crippen LogP contribution in [0.15, 0.2) is 11.6 Å². The predicted octanol–water partition coefficient (Wildman–Crippen LogP) is 8.76. The van der Waals surface area contributed by atoms with Crippen LogP contribution in [0.5, 0.6) is 11.5 Å². The zero-order valence-corrected chi connectivity index (χ0v) is 21.7. The van der Waals surface area contributed by atoms with E-state index in [2.05, 4.69) is 47.6 Å². The van der Waals surface area contributed by atoms with Crippen LogP contribution >= 0.6 is 0 Å². The topological polar surface area (TPSA) is 29.5 Å². The molecule has 0 fully saturated rings. The number of fused-ring (bicyclic) bond motifs is 1. The van der Waals surface area contributed by atoms with Gasteiger partial charge in [-0.15, -0.1) is 0 Å². The Bertz CT molecular complexity index is 759. The molecule has 0 bridgehead atoms. The highest BCUT2D eigenvalue weighted by Crippen LogP contribution is 2.44. The van der Waals surface area contributed by atoms with Crippen LogP contribution in [0.1, 0.15) is 115 Å². The molecule has 176 valence electrons. The molecule has 2 nitrogen and oxygen atoms in total. The SMILES string of the molecule is CC(=CCCC1(C)CCc2c(C)c(O)c(C)c(C)c2O1)CCCC(C)CCCC(C)C. The Hall–Kier alpha value is -1.44. The lowest BCUT2D eigenvalue weighted by Gasteiger charge is -2.38. The van der Waals surface area contributed by atoms with Crippen LogP contribution in [0.4, 0.5) is 0 Å². The molecule has 0 radical (unpaired) electrons. The van der Waals surface area contributed by atoms with E-state index >= 15 is 0 Å². The maximum absolute atomic E-state index is 10.4. The molecule has 1 aromatic rings. The highest BCUT2D eigenvalue weighted by Gasteiger charge is 2.33. The lowest BCUT2D eigenvalue weighted by molar-refractivity contribution is 0.0558. The highest BCUT2D eigenvalue weighted by molar-refractivity contribution is 5.58. The van der Waals surface area contributed by atoms with E-state index in [0.717, 1.165) is 60.0 Å². The molecule has 0 saturated carbocycles. The van der Waals surface area contributed by atoms with Crippen molar-refractivity contribution in [2.45, 2.75) is 125 Å². The van der Waals surface area contributed by atoms with E-state index in [1.54, 1.807) is 0 Å². The van der Waals surface area contributed by atoms with Crippen LogP contribution < -0.4 is 4.74 Å². The standard InChI is InChI=1S/C29H48O2/c1-20(2)12-9-13-21(3)14-10-15-22(4)16-11-18-29(8)19-17-26-25(7)27(30)23(5)24(6)28(26)31-29/h16,20-21,30H,9-15,17-19H2,1-8H3. The first kappa shape index (κ1) is 25.8. The van der Waals surface area contributed by atoms with Crippen LogP contribution in [0.25, 0.3) is 0 Å². The zero-order valence-electron chi connectivity index (χ0n) is 21.7. The molecule has 0 aromatic heterocycles. The van der Waals surface area contributed by atoms with Gasteiger partial charge in [0.05, 0.1) is 0 Å². The van der Waals surface area contributed by atoms with E-state index in [0.29, 0.717) is 5.75 Å². The Morgan fingerprint density at radius 2 is 1.71 bits per heavy atom. The Kier molecular flexibility index (Phi) is 9.52. The summed E-state index contributed by atoms with van der Waals surface area (Å²) < 4.78 is 6.58. The number of hydrogen-bond acceptors (Lipinski definition) is 2. The average molecular weight is 429 g/mol. The molecule has 1 N–H and O–H groups in total. The van der Waals surface area contributed by atoms with Crippen molar-refractivity contribution in [1.82, 2.24) is 0 Å². The third-order valence-corrected chi connectivity index (χ3v) is 7.50. The largest absolute Gasteiger partial charge is 0.507 e. The maximum atomic E-state index is 10.4. The van der Waals surface area contributed by atoms with Crippen molar-refractivity contribution < 1.29 is 9.84 Å². The fourth-order valence-electron chi connectivity index (χ4n) is 4.94. The summed E-state index contributed by atoms with van der Waals surface area (Å²) in [5.74, 6) is 3.16. The minimum atomic E-state index is -0.116. The summed E-state index contributed by atoms with van der Waals surface area (Å²) in [6.45, 7) is 17.7. The minimum absolute atomic E-state index is 0.116. The van der Waals surface area contributed by atoms with Gasteiger partial charge in [-0.3, -0.25) is 0 Å². The smallest absolute Gasteiger partial charge is 0.127 e. The second kappa shape index (κ2) is 11.4. The molecule has 31 heavy (non-hydrogen) atoms. The molecule has 0 saturated heterocycles. The number of rotatable bonds is 11. The van der Waals surface area contributed by atoms with Gasteiger partial charge >= 0.3 is 0 Å². The lowest BCUT2D eigenvalue weighted by atomic mass is 9.85. The predicted molar refractivity (Wildman–Crippen MR) is 134 cm³/mol. The van der Waals surface area contributed by atoms with E-state index in [1.165, 1.54) is 49.7 Å². The third-order valence-electron chi connectivity index (χ3n) is 7.50. The van der Waals surface area contributed by atoms with Crippen molar-refractivity contribution in [3.05, 3.63) is 33.9 Å². The number of phenols is 1. The van der Waals surface area contributed by atoms with Gasteiger partial charge in [0, 0.05) is 5.56 Å². The summed E-state index contributed by atoms with van der Waals surface area (Å²) >= 11 is 0. The van der Waals surface area contributed by atoms with Crippen LogP contribution in [-0.2, 0) is 6.42 Å². The second-order valence-electron chi connectivity index (χ2n) is 11.0. The number of allylic oxidation sites excluding steroid dienone is 2. The maximum Gasteiger partial charge on any atom is 0.127 e. The molecule has 1 aromatic carbocycles. The molecular weight excluding hydrogens is 380 g/mol. The van der Waals surface area contributed by atoms with Gasteiger partial charge in [-0.25, -0.2) is 0 Å². The highest BCUT2D eigenvalue weighted by atomic mass is 16.5. The fraction of sp³-hybridized carbons (Fsp3) is 0.724. The van der Waals surface area contributed by atoms with Crippen molar-refractivity contribution >= 4 is 0 Å². The molecule has 2 rings (SSSR count). The van der Waals surface area contributed by atoms with Crippen molar-refractivity contribution in [2.24, 2.45) is 11.8 Å². The van der Waals surface area contributed by atoms with E-state index in [-0.39, 0.29) is 5.60 Å². The summed E-state index contributed by atoms with van der Waals surface area (Å²) in [7, 11) is 0. The van der Waals surface area contributed by atoms with Gasteiger partial charge in [0.25, 0.3) is 0 Å². The number of aromatic hydroxyl groups is 1. The van der Waals surface area contributed by atoms with Crippen molar-refractivity contribution in [1.29, 1.82) is 0 Å². The van der Waals surface area contributed by atoms with E-state index in [1.807, 2.05) is 13.8 Å². The summed E-state index contributed by atoms with van der Waals surface area (Å²) in [4.78, 5) is 0. The molecule has 0 amide bonds. The van der Waals surface area contributed by atoms with Gasteiger partial charge in [0.1, 0.15) is 17.1 Å². The molecule has 2 heteroatoms. The van der Waals surface area contributed by atoms with Gasteiger partial charge < -0.3 is 9.84 Å². The summed E-state index contributed by atoms with van der Waals surface area (Å²) in [6, 6.07) is 0. The first-order chi connectivity index (χ1) is 14.5. The number of benzene rings is 1. The number of phenolic OH excluding ortho intramolecular Hbond substituents is 1. The number of ether oxygens (including phenoxy) is 1. The van der Waals surface area contributed by atoms with Gasteiger partial charge in [-0.2, -0.15) is 0 Å². The Labute approximate surface area is 192 Å². The monoisotopic (exact) mass is 428 g/mol. The molecule has 2 atom stereocenters. The average Bonchev–Trinajstić information content (AvgIpc) is 2.70. The van der Waals surface area contributed by atoms with Gasteiger partial charge in [0.15, 0.2) is 0 Å². The van der Waals surface area contributed by atoms with Gasteiger partial charge in [0.2, 0.25) is 0 Å². The van der Waals surface area contributed by atoms with Gasteiger partial charge in [-0.1, -0.05) is 58.1 Å². The Morgan fingerprint density at radius 3 is 2.39 bits per heavy atom. The molecule has 1 aliphatic rings. The number of hydrogen-bond donors (Lipinski definition) is 1. The second-order valence-corrected chi connectivity index (χ2v) is 11.0. The first-order valence-corrected chi connectivity index (χ1v) is 12.7. The summed E-state index contributed by atoms with van der Waals surface area (Å²) in [5, 5.41) is 10.4. The molecule has 2 unspecified atom stereocenters. The minimum Gasteiger partial charge on any atom is -0.507 e. The zero-order chi connectivity index (χ0) is 23.2.